The van der Waals surface area contributed by atoms with E-state index in [0.29, 0.717) is 6.54 Å². The van der Waals surface area contributed by atoms with Gasteiger partial charge in [-0.25, -0.2) is 17.9 Å². The summed E-state index contributed by atoms with van der Waals surface area (Å²) in [5.74, 6) is -0.208. The molecule has 1 heterocycles. The highest BCUT2D eigenvalue weighted by Crippen LogP contribution is 2.30. The Bertz CT molecular complexity index is 671. The maximum Gasteiger partial charge on any atom is 0.342 e. The van der Waals surface area contributed by atoms with Crippen molar-refractivity contribution in [2.24, 2.45) is 11.7 Å². The summed E-state index contributed by atoms with van der Waals surface area (Å²) in [5.41, 5.74) is 5.64. The van der Waals surface area contributed by atoms with E-state index >= 15 is 0 Å². The molecule has 0 amide bonds. The fourth-order valence-corrected chi connectivity index (χ4v) is 4.80. The highest BCUT2D eigenvalue weighted by atomic mass is 35.5. The van der Waals surface area contributed by atoms with Gasteiger partial charge < -0.3 is 14.9 Å². The van der Waals surface area contributed by atoms with Crippen LogP contribution in [0.25, 0.3) is 0 Å². The number of rotatable bonds is 5. The Hall–Kier alpha value is -1.09. The molecule has 1 saturated carbocycles. The number of nitrogens with one attached hydrogen (secondary N) is 1. The van der Waals surface area contributed by atoms with Crippen LogP contribution in [0.2, 0.25) is 0 Å². The smallest absolute Gasteiger partial charge is 0.342 e. The Morgan fingerprint density at radius 3 is 2.57 bits per heavy atom. The highest BCUT2D eigenvalue weighted by molar-refractivity contribution is 7.89. The zero-order chi connectivity index (χ0) is 16.5. The lowest BCUT2D eigenvalue weighted by molar-refractivity contribution is 0.0595. The third-order valence-corrected chi connectivity index (χ3v) is 5.77. The van der Waals surface area contributed by atoms with Gasteiger partial charge in [0, 0.05) is 6.04 Å². The standard InChI is InChI=1S/C14H22N2O5S.ClH/c1-8-12(14(17)20-3)13(9(2)21-8)22(18,19)16-11-6-4-5-10(11)7-15;/h10-11,16H,4-7,15H2,1-3H3;1H. The van der Waals surface area contributed by atoms with Gasteiger partial charge in [0.25, 0.3) is 0 Å². The lowest BCUT2D eigenvalue weighted by atomic mass is 10.1. The van der Waals surface area contributed by atoms with Crippen LogP contribution in [0.4, 0.5) is 0 Å². The summed E-state index contributed by atoms with van der Waals surface area (Å²) >= 11 is 0. The van der Waals surface area contributed by atoms with Crippen LogP contribution < -0.4 is 10.5 Å². The van der Waals surface area contributed by atoms with Crippen LogP contribution in [0.5, 0.6) is 0 Å². The maximum absolute atomic E-state index is 12.7. The largest absolute Gasteiger partial charge is 0.465 e. The van der Waals surface area contributed by atoms with Crippen LogP contribution in [-0.2, 0) is 14.8 Å². The molecular weight excluding hydrogens is 344 g/mol. The lowest BCUT2D eigenvalue weighted by Crippen LogP contribution is -2.40. The number of methoxy groups -OCH3 is 1. The molecule has 3 N–H and O–H groups in total. The molecule has 23 heavy (non-hydrogen) atoms. The summed E-state index contributed by atoms with van der Waals surface area (Å²) in [4.78, 5) is 11.7. The molecular formula is C14H23ClN2O5S. The number of hydrogen-bond acceptors (Lipinski definition) is 6. The summed E-state index contributed by atoms with van der Waals surface area (Å²) in [5, 5.41) is 0. The maximum atomic E-state index is 12.7. The van der Waals surface area contributed by atoms with Crippen molar-refractivity contribution in [3.8, 4) is 0 Å². The van der Waals surface area contributed by atoms with E-state index in [1.54, 1.807) is 0 Å². The van der Waals surface area contributed by atoms with Gasteiger partial charge in [-0.3, -0.25) is 0 Å². The number of aryl methyl sites for hydroxylation is 2. The van der Waals surface area contributed by atoms with Crippen LogP contribution in [0.3, 0.4) is 0 Å². The quantitative estimate of drug-likeness (QED) is 0.764. The molecule has 2 unspecified atom stereocenters. The number of carbonyl (C=O) groups excluding carboxylic acids is 1. The third-order valence-electron chi connectivity index (χ3n) is 4.13. The minimum absolute atomic E-state index is 0. The molecule has 9 heteroatoms. The van der Waals surface area contributed by atoms with Crippen LogP contribution >= 0.6 is 12.4 Å². The first-order chi connectivity index (χ1) is 10.3. The van der Waals surface area contributed by atoms with Gasteiger partial charge >= 0.3 is 5.97 Å². The van der Waals surface area contributed by atoms with Gasteiger partial charge in [-0.05, 0) is 39.2 Å². The normalized spacial score (nSPS) is 21.0. The van der Waals surface area contributed by atoms with Crippen LogP contribution in [-0.4, -0.2) is 34.1 Å². The summed E-state index contributed by atoms with van der Waals surface area (Å²) in [6.07, 6.45) is 2.57. The Kier molecular flexibility index (Phi) is 6.64. The van der Waals surface area contributed by atoms with E-state index in [2.05, 4.69) is 9.46 Å². The average Bonchev–Trinajstić information content (AvgIpc) is 3.01. The number of nitrogens with two attached hydrogens (primary N) is 1. The summed E-state index contributed by atoms with van der Waals surface area (Å²) < 4.78 is 38.1. The summed E-state index contributed by atoms with van der Waals surface area (Å²) in [6.45, 7) is 3.49. The minimum Gasteiger partial charge on any atom is -0.465 e. The number of halogens is 1. The third kappa shape index (κ3) is 3.88. The molecule has 1 aromatic heterocycles. The predicted octanol–water partition coefficient (Wildman–Crippen LogP) is 1.51. The first kappa shape index (κ1) is 20.0. The molecule has 0 radical (unpaired) electrons. The van der Waals surface area contributed by atoms with Crippen molar-refractivity contribution in [1.29, 1.82) is 0 Å². The van der Waals surface area contributed by atoms with Crippen molar-refractivity contribution < 1.29 is 22.4 Å². The summed E-state index contributed by atoms with van der Waals surface area (Å²) in [7, 11) is -2.68. The van der Waals surface area contributed by atoms with E-state index in [1.165, 1.54) is 21.0 Å². The highest BCUT2D eigenvalue weighted by Gasteiger charge is 2.36. The number of sulfonamides is 1. The molecule has 2 rings (SSSR count). The van der Waals surface area contributed by atoms with Crippen molar-refractivity contribution in [3.63, 3.8) is 0 Å². The fourth-order valence-electron chi connectivity index (χ4n) is 3.06. The first-order valence-corrected chi connectivity index (χ1v) is 8.70. The lowest BCUT2D eigenvalue weighted by Gasteiger charge is -2.19. The van der Waals surface area contributed by atoms with Gasteiger partial charge in [-0.2, -0.15) is 0 Å². The van der Waals surface area contributed by atoms with E-state index in [9.17, 15) is 13.2 Å². The number of esters is 1. The van der Waals surface area contributed by atoms with Gasteiger partial charge in [-0.15, -0.1) is 12.4 Å². The molecule has 1 fully saturated rings. The second kappa shape index (κ2) is 7.65. The SMILES string of the molecule is COC(=O)c1c(C)oc(C)c1S(=O)(=O)NC1CCCC1CN.Cl. The van der Waals surface area contributed by atoms with Crippen molar-refractivity contribution in [3.05, 3.63) is 17.1 Å². The molecule has 1 aliphatic rings. The molecule has 0 aliphatic heterocycles. The molecule has 0 saturated heterocycles. The van der Waals surface area contributed by atoms with Gasteiger partial charge in [0.1, 0.15) is 22.0 Å². The van der Waals surface area contributed by atoms with Crippen molar-refractivity contribution in [2.75, 3.05) is 13.7 Å². The predicted molar refractivity (Wildman–Crippen MR) is 87.3 cm³/mol. The molecule has 0 spiro atoms. The summed E-state index contributed by atoms with van der Waals surface area (Å²) in [6, 6.07) is -0.213. The molecule has 2 atom stereocenters. The van der Waals surface area contributed by atoms with E-state index in [4.69, 9.17) is 10.2 Å². The zero-order valence-corrected chi connectivity index (χ0v) is 15.1. The van der Waals surface area contributed by atoms with Crippen LogP contribution in [0.1, 0.15) is 41.1 Å². The van der Waals surface area contributed by atoms with E-state index in [1.807, 2.05) is 0 Å². The Morgan fingerprint density at radius 2 is 2.00 bits per heavy atom. The first-order valence-electron chi connectivity index (χ1n) is 7.22. The van der Waals surface area contributed by atoms with Gasteiger partial charge in [0.05, 0.1) is 7.11 Å². The number of carbonyl (C=O) groups is 1. The number of furan rings is 1. The molecule has 0 aromatic carbocycles. The van der Waals surface area contributed by atoms with E-state index in [-0.39, 0.29) is 46.3 Å². The van der Waals surface area contributed by atoms with Crippen LogP contribution in [0, 0.1) is 19.8 Å². The second-order valence-corrected chi connectivity index (χ2v) is 7.22. The fraction of sp³-hybridized carbons (Fsp3) is 0.643. The average molecular weight is 367 g/mol. The van der Waals surface area contributed by atoms with Crippen molar-refractivity contribution >= 4 is 28.4 Å². The van der Waals surface area contributed by atoms with Crippen molar-refractivity contribution in [2.45, 2.75) is 44.0 Å². The number of ether oxygens (including phenoxy) is 1. The van der Waals surface area contributed by atoms with Crippen molar-refractivity contribution in [1.82, 2.24) is 4.72 Å². The van der Waals surface area contributed by atoms with Crippen LogP contribution in [0.15, 0.2) is 9.31 Å². The van der Waals surface area contributed by atoms with Gasteiger partial charge in [-0.1, -0.05) is 6.42 Å². The minimum atomic E-state index is -3.88. The molecule has 7 nitrogen and oxygen atoms in total. The zero-order valence-electron chi connectivity index (χ0n) is 13.4. The Morgan fingerprint density at radius 1 is 1.35 bits per heavy atom. The molecule has 1 aliphatic carbocycles. The van der Waals surface area contributed by atoms with Gasteiger partial charge in [0.2, 0.25) is 10.0 Å². The topological polar surface area (TPSA) is 112 Å². The number of hydrogen-bond donors (Lipinski definition) is 2. The Balaban J connectivity index is 0.00000264. The molecule has 0 bridgehead atoms. The monoisotopic (exact) mass is 366 g/mol. The van der Waals surface area contributed by atoms with E-state index < -0.39 is 16.0 Å². The Labute approximate surface area is 142 Å². The molecule has 1 aromatic rings. The van der Waals surface area contributed by atoms with E-state index in [0.717, 1.165) is 19.3 Å². The molecule has 132 valence electrons. The van der Waals surface area contributed by atoms with Gasteiger partial charge in [0.15, 0.2) is 0 Å². The second-order valence-electron chi connectivity index (χ2n) is 5.56.